The van der Waals surface area contributed by atoms with E-state index in [4.69, 9.17) is 0 Å². The number of rotatable bonds is 3. The van der Waals surface area contributed by atoms with Crippen LogP contribution >= 0.6 is 0 Å². The highest BCUT2D eigenvalue weighted by Gasteiger charge is 2.58. The highest BCUT2D eigenvalue weighted by Crippen LogP contribution is 2.35. The van der Waals surface area contributed by atoms with Gasteiger partial charge in [-0.3, -0.25) is 0 Å². The van der Waals surface area contributed by atoms with Gasteiger partial charge >= 0.3 is 18.1 Å². The first-order valence-corrected chi connectivity index (χ1v) is 4.09. The van der Waals surface area contributed by atoms with Crippen molar-refractivity contribution in [2.45, 2.75) is 19.0 Å². The topological polar surface area (TPSA) is 35.0 Å². The Morgan fingerprint density at radius 2 is 1.88 bits per heavy atom. The molecule has 0 atom stereocenters. The van der Waals surface area contributed by atoms with Crippen LogP contribution in [-0.2, 0) is 0 Å². The summed E-state index contributed by atoms with van der Waals surface area (Å²) in [6, 6.07) is 0.943. The molecule has 0 spiro atoms. The molecule has 1 rings (SSSR count). The van der Waals surface area contributed by atoms with Crippen LogP contribution in [0, 0.1) is 6.92 Å². The van der Waals surface area contributed by atoms with Gasteiger partial charge in [-0.2, -0.15) is 22.0 Å². The zero-order valence-electron chi connectivity index (χ0n) is 8.05. The van der Waals surface area contributed by atoms with Gasteiger partial charge in [-0.25, -0.2) is 9.97 Å². The van der Waals surface area contributed by atoms with Crippen molar-refractivity contribution >= 4 is 0 Å². The van der Waals surface area contributed by atoms with Crippen molar-refractivity contribution in [1.29, 1.82) is 0 Å². The summed E-state index contributed by atoms with van der Waals surface area (Å²) in [5.41, 5.74) is 0.403. The Labute approximate surface area is 87.3 Å². The summed E-state index contributed by atoms with van der Waals surface area (Å²) in [6.45, 7) is -0.309. The van der Waals surface area contributed by atoms with E-state index in [9.17, 15) is 22.0 Å². The number of hydrogen-bond donors (Lipinski definition) is 0. The van der Waals surface area contributed by atoms with Gasteiger partial charge in [-0.05, 0) is 13.0 Å². The third kappa shape index (κ3) is 3.01. The van der Waals surface area contributed by atoms with Crippen molar-refractivity contribution in [3.8, 4) is 6.01 Å². The van der Waals surface area contributed by atoms with Gasteiger partial charge in [0, 0.05) is 11.9 Å². The summed E-state index contributed by atoms with van der Waals surface area (Å²) >= 11 is 0. The molecule has 0 saturated carbocycles. The lowest BCUT2D eigenvalue weighted by Gasteiger charge is -2.18. The number of nitrogens with zero attached hydrogens (tertiary/aromatic N) is 2. The molecule has 3 nitrogen and oxygen atoms in total. The van der Waals surface area contributed by atoms with Gasteiger partial charge in [0.05, 0.1) is 0 Å². The Hall–Kier alpha value is -1.47. The summed E-state index contributed by atoms with van der Waals surface area (Å²) in [4.78, 5) is 6.91. The minimum atomic E-state index is -5.64. The maximum atomic E-state index is 12.4. The van der Waals surface area contributed by atoms with E-state index in [2.05, 4.69) is 14.7 Å². The zero-order chi connectivity index (χ0) is 12.4. The highest BCUT2D eigenvalue weighted by atomic mass is 19.4. The fourth-order valence-electron chi connectivity index (χ4n) is 0.732. The molecule has 0 aliphatic rings. The number of ether oxygens (including phenoxy) is 1. The van der Waals surface area contributed by atoms with Crippen LogP contribution in [0.2, 0.25) is 0 Å². The van der Waals surface area contributed by atoms with Gasteiger partial charge in [0.15, 0.2) is 6.61 Å². The molecule has 16 heavy (non-hydrogen) atoms. The summed E-state index contributed by atoms with van der Waals surface area (Å²) in [7, 11) is 0. The van der Waals surface area contributed by atoms with Crippen LogP contribution in [0.3, 0.4) is 0 Å². The van der Waals surface area contributed by atoms with E-state index in [0.717, 1.165) is 0 Å². The number of hydrogen-bond acceptors (Lipinski definition) is 3. The molecule has 0 unspecified atom stereocenters. The van der Waals surface area contributed by atoms with Crippen LogP contribution in [0.4, 0.5) is 22.0 Å². The molecule has 0 bridgehead atoms. The molecule has 1 aromatic heterocycles. The molecule has 90 valence electrons. The molecule has 0 aliphatic heterocycles. The molecule has 0 aliphatic carbocycles. The third-order valence-electron chi connectivity index (χ3n) is 1.57. The van der Waals surface area contributed by atoms with Crippen molar-refractivity contribution in [3.63, 3.8) is 0 Å². The molecule has 8 heteroatoms. The lowest BCUT2D eigenvalue weighted by atomic mass is 10.3. The first kappa shape index (κ1) is 12.6. The number of alkyl halides is 5. The second kappa shape index (κ2) is 4.18. The van der Waals surface area contributed by atoms with Crippen molar-refractivity contribution < 1.29 is 26.7 Å². The molecule has 1 aromatic rings. The first-order valence-electron chi connectivity index (χ1n) is 4.09. The molecule has 0 radical (unpaired) electrons. The predicted octanol–water partition coefficient (Wildman–Crippen LogP) is 2.36. The van der Waals surface area contributed by atoms with Crippen LogP contribution in [0.25, 0.3) is 0 Å². The maximum Gasteiger partial charge on any atom is 0.456 e. The fraction of sp³-hybridized carbons (Fsp3) is 0.500. The lowest BCUT2D eigenvalue weighted by molar-refractivity contribution is -0.290. The van der Waals surface area contributed by atoms with Crippen LogP contribution < -0.4 is 4.74 Å². The van der Waals surface area contributed by atoms with Crippen LogP contribution in [-0.4, -0.2) is 28.7 Å². The lowest BCUT2D eigenvalue weighted by Crippen LogP contribution is -2.42. The third-order valence-corrected chi connectivity index (χ3v) is 1.57. The summed E-state index contributed by atoms with van der Waals surface area (Å²) in [6.07, 6.45) is -4.44. The van der Waals surface area contributed by atoms with E-state index < -0.39 is 24.7 Å². The van der Waals surface area contributed by atoms with Gasteiger partial charge < -0.3 is 4.74 Å². The van der Waals surface area contributed by atoms with Crippen LogP contribution in [0.15, 0.2) is 12.3 Å². The van der Waals surface area contributed by atoms with Crippen LogP contribution in [0.5, 0.6) is 6.01 Å². The second-order valence-electron chi connectivity index (χ2n) is 2.97. The summed E-state index contributed by atoms with van der Waals surface area (Å²) in [5, 5.41) is 0. The number of halogens is 5. The average molecular weight is 242 g/mol. The smallest absolute Gasteiger partial charge is 0.456 e. The van der Waals surface area contributed by atoms with Crippen molar-refractivity contribution in [2.75, 3.05) is 6.61 Å². The predicted molar refractivity (Wildman–Crippen MR) is 43.3 cm³/mol. The molecule has 0 amide bonds. The maximum absolute atomic E-state index is 12.4. The Balaban J connectivity index is 2.65. The van der Waals surface area contributed by atoms with Crippen LogP contribution in [0.1, 0.15) is 5.69 Å². The van der Waals surface area contributed by atoms with Gasteiger partial charge in [-0.15, -0.1) is 0 Å². The Kier molecular flexibility index (Phi) is 3.30. The SMILES string of the molecule is Cc1ccnc(OCC(F)(F)C(F)(F)F)n1. The minimum Gasteiger partial charge on any atom is -0.457 e. The largest absolute Gasteiger partial charge is 0.457 e. The molecule has 1 heterocycles. The van der Waals surface area contributed by atoms with Gasteiger partial charge in [-0.1, -0.05) is 0 Å². The molecule has 0 aromatic carbocycles. The second-order valence-corrected chi connectivity index (χ2v) is 2.97. The Morgan fingerprint density at radius 3 is 2.38 bits per heavy atom. The van der Waals surface area contributed by atoms with Crippen molar-refractivity contribution in [3.05, 3.63) is 18.0 Å². The quantitative estimate of drug-likeness (QED) is 0.763. The van der Waals surface area contributed by atoms with Gasteiger partial charge in [0.2, 0.25) is 0 Å². The molecule has 0 fully saturated rings. The monoisotopic (exact) mass is 242 g/mol. The normalized spacial score (nSPS) is 12.6. The highest BCUT2D eigenvalue weighted by molar-refractivity contribution is 5.03. The summed E-state index contributed by atoms with van der Waals surface area (Å²) < 4.78 is 64.2. The molecule has 0 saturated heterocycles. The molecular formula is C8H7F5N2O. The van der Waals surface area contributed by atoms with Gasteiger partial charge in [0.25, 0.3) is 0 Å². The summed E-state index contributed by atoms with van der Waals surface area (Å²) in [5.74, 6) is -4.92. The van der Waals surface area contributed by atoms with Crippen molar-refractivity contribution in [1.82, 2.24) is 9.97 Å². The van der Waals surface area contributed by atoms with Gasteiger partial charge in [0.1, 0.15) is 0 Å². The van der Waals surface area contributed by atoms with E-state index in [-0.39, 0.29) is 0 Å². The van der Waals surface area contributed by atoms with Crippen molar-refractivity contribution in [2.24, 2.45) is 0 Å². The zero-order valence-corrected chi connectivity index (χ0v) is 8.05. The van der Waals surface area contributed by atoms with E-state index >= 15 is 0 Å². The van der Waals surface area contributed by atoms with E-state index in [1.54, 1.807) is 0 Å². The van der Waals surface area contributed by atoms with E-state index in [0.29, 0.717) is 5.69 Å². The number of aromatic nitrogens is 2. The minimum absolute atomic E-state index is 0.403. The Bertz CT molecular complexity index is 366. The molecular weight excluding hydrogens is 235 g/mol. The fourth-order valence-corrected chi connectivity index (χ4v) is 0.732. The number of aryl methyl sites for hydroxylation is 1. The van der Waals surface area contributed by atoms with E-state index in [1.165, 1.54) is 19.2 Å². The standard InChI is InChI=1S/C8H7F5N2O/c1-5-2-3-14-6(15-5)16-4-7(9,10)8(11,12)13/h2-3H,4H2,1H3. The molecule has 0 N–H and O–H groups in total. The first-order chi connectivity index (χ1) is 7.22. The van der Waals surface area contributed by atoms with E-state index in [1.807, 2.05) is 0 Å². The average Bonchev–Trinajstić information content (AvgIpc) is 2.13. The Morgan fingerprint density at radius 1 is 1.25 bits per heavy atom.